The molecule has 76 valence electrons. The van der Waals surface area contributed by atoms with E-state index in [1.54, 1.807) is 0 Å². The summed E-state index contributed by atoms with van der Waals surface area (Å²) in [5.41, 5.74) is 5.11. The number of hydrogen-bond acceptors (Lipinski definition) is 3. The summed E-state index contributed by atoms with van der Waals surface area (Å²) in [4.78, 5) is 12.9. The summed E-state index contributed by atoms with van der Waals surface area (Å²) >= 11 is 0. The maximum Gasteiger partial charge on any atom is 0.218 e. The third kappa shape index (κ3) is 3.32. The van der Waals surface area contributed by atoms with E-state index in [0.717, 1.165) is 26.2 Å². The fourth-order valence-corrected chi connectivity index (χ4v) is 1.80. The fraction of sp³-hybridized carbons (Fsp3) is 0.889. The summed E-state index contributed by atoms with van der Waals surface area (Å²) in [7, 11) is 0. The Morgan fingerprint density at radius 3 is 2.92 bits per heavy atom. The van der Waals surface area contributed by atoms with Crippen LogP contribution < -0.4 is 11.1 Å². The van der Waals surface area contributed by atoms with Crippen LogP contribution in [0.15, 0.2) is 0 Å². The van der Waals surface area contributed by atoms with Crippen molar-refractivity contribution in [2.45, 2.75) is 25.8 Å². The molecule has 1 fully saturated rings. The second-order valence-corrected chi connectivity index (χ2v) is 3.49. The van der Waals surface area contributed by atoms with Crippen molar-refractivity contribution in [3.05, 3.63) is 0 Å². The molecule has 1 unspecified atom stereocenters. The van der Waals surface area contributed by atoms with Crippen LogP contribution in [0.2, 0.25) is 0 Å². The summed E-state index contributed by atoms with van der Waals surface area (Å²) in [5, 5.41) is 3.32. The highest BCUT2D eigenvalue weighted by Crippen LogP contribution is 2.08. The van der Waals surface area contributed by atoms with Crippen molar-refractivity contribution in [2.24, 2.45) is 5.73 Å². The van der Waals surface area contributed by atoms with Gasteiger partial charge in [0.2, 0.25) is 5.91 Å². The highest BCUT2D eigenvalue weighted by atomic mass is 16.1. The minimum absolute atomic E-state index is 0.204. The molecule has 0 radical (unpaired) electrons. The molecular weight excluding hydrogens is 166 g/mol. The number of amides is 1. The number of rotatable bonds is 5. The second kappa shape index (κ2) is 5.19. The van der Waals surface area contributed by atoms with E-state index in [2.05, 4.69) is 17.1 Å². The molecular formula is C9H19N3O. The number of likely N-dealkylation sites (N-methyl/N-ethyl adjacent to an activating group) is 1. The van der Waals surface area contributed by atoms with E-state index in [1.165, 1.54) is 6.42 Å². The molecule has 3 N–H and O–H groups in total. The van der Waals surface area contributed by atoms with Crippen LogP contribution in [-0.4, -0.2) is 43.0 Å². The predicted octanol–water partition coefficient (Wildman–Crippen LogP) is -0.454. The highest BCUT2D eigenvalue weighted by molar-refractivity contribution is 5.73. The Morgan fingerprint density at radius 2 is 2.46 bits per heavy atom. The van der Waals surface area contributed by atoms with Gasteiger partial charge in [0.1, 0.15) is 0 Å². The van der Waals surface area contributed by atoms with Crippen LogP contribution in [0.25, 0.3) is 0 Å². The third-order valence-electron chi connectivity index (χ3n) is 2.60. The Hall–Kier alpha value is -0.610. The van der Waals surface area contributed by atoms with Gasteiger partial charge in [0.15, 0.2) is 0 Å². The smallest absolute Gasteiger partial charge is 0.218 e. The van der Waals surface area contributed by atoms with Crippen molar-refractivity contribution in [3.8, 4) is 0 Å². The Bertz CT molecular complexity index is 166. The Labute approximate surface area is 79.5 Å². The van der Waals surface area contributed by atoms with Crippen molar-refractivity contribution in [3.63, 3.8) is 0 Å². The molecule has 1 aliphatic rings. The maximum absolute atomic E-state index is 10.6. The van der Waals surface area contributed by atoms with Crippen LogP contribution in [0, 0.1) is 0 Å². The van der Waals surface area contributed by atoms with Gasteiger partial charge in [-0.3, -0.25) is 9.69 Å². The van der Waals surface area contributed by atoms with Crippen LogP contribution in [0.1, 0.15) is 19.8 Å². The van der Waals surface area contributed by atoms with Crippen molar-refractivity contribution >= 4 is 5.91 Å². The van der Waals surface area contributed by atoms with E-state index in [1.807, 2.05) is 0 Å². The average Bonchev–Trinajstić information content (AvgIpc) is 2.58. The van der Waals surface area contributed by atoms with Gasteiger partial charge in [0.05, 0.1) is 0 Å². The summed E-state index contributed by atoms with van der Waals surface area (Å²) in [5.74, 6) is -0.204. The van der Waals surface area contributed by atoms with Crippen LogP contribution in [0.3, 0.4) is 0 Å². The lowest BCUT2D eigenvalue weighted by Crippen LogP contribution is -2.38. The van der Waals surface area contributed by atoms with Gasteiger partial charge >= 0.3 is 0 Å². The largest absolute Gasteiger partial charge is 0.370 e. The zero-order chi connectivity index (χ0) is 9.68. The molecule has 1 rings (SSSR count). The summed E-state index contributed by atoms with van der Waals surface area (Å²) in [6, 6.07) is 0.601. The Kier molecular flexibility index (Phi) is 4.18. The molecule has 1 heterocycles. The minimum atomic E-state index is -0.204. The summed E-state index contributed by atoms with van der Waals surface area (Å²) in [6.45, 7) is 6.07. The van der Waals surface area contributed by atoms with Crippen molar-refractivity contribution in [1.29, 1.82) is 0 Å². The number of nitrogens with zero attached hydrogens (tertiary/aromatic N) is 1. The van der Waals surface area contributed by atoms with Crippen molar-refractivity contribution in [1.82, 2.24) is 10.2 Å². The lowest BCUT2D eigenvalue weighted by molar-refractivity contribution is -0.118. The molecule has 1 atom stereocenters. The van der Waals surface area contributed by atoms with Gasteiger partial charge < -0.3 is 11.1 Å². The molecule has 4 nitrogen and oxygen atoms in total. The van der Waals surface area contributed by atoms with Gasteiger partial charge in [-0.25, -0.2) is 0 Å². The number of hydrogen-bond donors (Lipinski definition) is 2. The van der Waals surface area contributed by atoms with Crippen LogP contribution >= 0.6 is 0 Å². The van der Waals surface area contributed by atoms with Crippen LogP contribution in [-0.2, 0) is 4.79 Å². The lowest BCUT2D eigenvalue weighted by Gasteiger charge is -2.26. The molecule has 4 heteroatoms. The number of carbonyl (C=O) groups is 1. The fourth-order valence-electron chi connectivity index (χ4n) is 1.80. The van der Waals surface area contributed by atoms with Gasteiger partial charge in [0, 0.05) is 25.6 Å². The maximum atomic E-state index is 10.6. The molecule has 0 saturated carbocycles. The molecule has 0 spiro atoms. The standard InChI is InChI=1S/C9H19N3O/c1-2-12(6-4-9(10)13)8-3-5-11-7-8/h8,11H,2-7H2,1H3,(H2,10,13). The quantitative estimate of drug-likeness (QED) is 0.609. The molecule has 0 aromatic rings. The normalized spacial score (nSPS) is 22.5. The van der Waals surface area contributed by atoms with E-state index in [-0.39, 0.29) is 5.91 Å². The Morgan fingerprint density at radius 1 is 1.69 bits per heavy atom. The first-order chi connectivity index (χ1) is 6.24. The zero-order valence-corrected chi connectivity index (χ0v) is 8.25. The van der Waals surface area contributed by atoms with E-state index in [4.69, 9.17) is 5.73 Å². The summed E-state index contributed by atoms with van der Waals surface area (Å²) < 4.78 is 0. The molecule has 1 saturated heterocycles. The summed E-state index contributed by atoms with van der Waals surface area (Å²) in [6.07, 6.45) is 1.66. The molecule has 0 aromatic heterocycles. The van der Waals surface area contributed by atoms with Gasteiger partial charge in [-0.15, -0.1) is 0 Å². The molecule has 1 amide bonds. The van der Waals surface area contributed by atoms with E-state index >= 15 is 0 Å². The van der Waals surface area contributed by atoms with Crippen molar-refractivity contribution in [2.75, 3.05) is 26.2 Å². The van der Waals surface area contributed by atoms with Crippen LogP contribution in [0.5, 0.6) is 0 Å². The number of nitrogens with two attached hydrogens (primary N) is 1. The minimum Gasteiger partial charge on any atom is -0.370 e. The first-order valence-corrected chi connectivity index (χ1v) is 4.97. The monoisotopic (exact) mass is 185 g/mol. The van der Waals surface area contributed by atoms with Crippen LogP contribution in [0.4, 0.5) is 0 Å². The first-order valence-electron chi connectivity index (χ1n) is 4.97. The molecule has 0 aliphatic carbocycles. The molecule has 0 aromatic carbocycles. The van der Waals surface area contributed by atoms with E-state index < -0.39 is 0 Å². The zero-order valence-electron chi connectivity index (χ0n) is 8.25. The van der Waals surface area contributed by atoms with Gasteiger partial charge in [0.25, 0.3) is 0 Å². The van der Waals surface area contributed by atoms with Gasteiger partial charge in [-0.2, -0.15) is 0 Å². The molecule has 13 heavy (non-hydrogen) atoms. The highest BCUT2D eigenvalue weighted by Gasteiger charge is 2.20. The van der Waals surface area contributed by atoms with Gasteiger partial charge in [-0.05, 0) is 19.5 Å². The first kappa shape index (κ1) is 10.5. The lowest BCUT2D eigenvalue weighted by atomic mass is 10.2. The number of nitrogens with one attached hydrogen (secondary N) is 1. The predicted molar refractivity (Wildman–Crippen MR) is 52.3 cm³/mol. The SMILES string of the molecule is CCN(CCC(N)=O)C1CCNC1. The van der Waals surface area contributed by atoms with Gasteiger partial charge in [-0.1, -0.05) is 6.92 Å². The molecule has 0 bridgehead atoms. The third-order valence-corrected chi connectivity index (χ3v) is 2.60. The molecule has 1 aliphatic heterocycles. The van der Waals surface area contributed by atoms with E-state index in [9.17, 15) is 4.79 Å². The Balaban J connectivity index is 2.28. The van der Waals surface area contributed by atoms with Crippen molar-refractivity contribution < 1.29 is 4.79 Å². The average molecular weight is 185 g/mol. The van der Waals surface area contributed by atoms with E-state index in [0.29, 0.717) is 12.5 Å². The second-order valence-electron chi connectivity index (χ2n) is 3.49. The number of primary amides is 1. The topological polar surface area (TPSA) is 58.4 Å². The number of carbonyl (C=O) groups excluding carboxylic acids is 1.